The maximum atomic E-state index is 12.6. The third-order valence-electron chi connectivity index (χ3n) is 4.74. The molecule has 0 spiro atoms. The summed E-state index contributed by atoms with van der Waals surface area (Å²) in [5, 5.41) is 26.0. The molecule has 0 heterocycles. The number of hydrogen-bond donors (Lipinski definition) is 2. The Hall–Kier alpha value is -4.15. The number of benzene rings is 3. The Balaban J connectivity index is 1.75. The van der Waals surface area contributed by atoms with E-state index in [4.69, 9.17) is 21.1 Å². The van der Waals surface area contributed by atoms with Crippen molar-refractivity contribution in [2.75, 3.05) is 24.4 Å². The van der Waals surface area contributed by atoms with Gasteiger partial charge < -0.3 is 20.1 Å². The van der Waals surface area contributed by atoms with Crippen LogP contribution in [0, 0.1) is 25.0 Å². The molecule has 3 aromatic rings. The minimum absolute atomic E-state index is 0.173. The standard InChI is InChI=1S/C25H18ClIN4O6/c1-36-22-11-15(9-16(13-28)25(33)29-17-5-4-6-18(12-17)31(34)35)10-20(27)24(22)37-14-23(32)30-21-8-3-2-7-19(21)26/h2-12H,14H2,1H3,(H,29,33)(H,30,32)/b16-9-. The normalized spacial score (nSPS) is 10.7. The highest BCUT2D eigenvalue weighted by atomic mass is 127. The van der Waals surface area contributed by atoms with Crippen molar-refractivity contribution >= 4 is 69.1 Å². The van der Waals surface area contributed by atoms with Gasteiger partial charge in [0, 0.05) is 17.8 Å². The second-order valence-electron chi connectivity index (χ2n) is 7.28. The Kier molecular flexibility index (Phi) is 9.42. The first-order valence-corrected chi connectivity index (χ1v) is 11.9. The first-order chi connectivity index (χ1) is 17.7. The molecular weight excluding hydrogens is 615 g/mol. The number of halogens is 2. The van der Waals surface area contributed by atoms with E-state index in [1.807, 2.05) is 28.7 Å². The minimum Gasteiger partial charge on any atom is -0.493 e. The summed E-state index contributed by atoms with van der Waals surface area (Å²) >= 11 is 8.04. The van der Waals surface area contributed by atoms with Crippen molar-refractivity contribution in [3.05, 3.63) is 90.5 Å². The fourth-order valence-electron chi connectivity index (χ4n) is 3.06. The van der Waals surface area contributed by atoms with Gasteiger partial charge in [0.05, 0.1) is 26.3 Å². The van der Waals surface area contributed by atoms with Crippen LogP contribution in [0.15, 0.2) is 66.2 Å². The maximum absolute atomic E-state index is 12.6. The molecule has 188 valence electrons. The van der Waals surface area contributed by atoms with Gasteiger partial charge in [-0.1, -0.05) is 29.8 Å². The van der Waals surface area contributed by atoms with Crippen LogP contribution >= 0.6 is 34.2 Å². The number of nitro benzene ring substituents is 1. The fraction of sp³-hybridized carbons (Fsp3) is 0.0800. The van der Waals surface area contributed by atoms with E-state index in [1.54, 1.807) is 36.4 Å². The van der Waals surface area contributed by atoms with Crippen molar-refractivity contribution in [1.82, 2.24) is 0 Å². The van der Waals surface area contributed by atoms with Gasteiger partial charge in [0.25, 0.3) is 17.5 Å². The van der Waals surface area contributed by atoms with Gasteiger partial charge in [0.2, 0.25) is 0 Å². The number of ether oxygens (including phenoxy) is 2. The van der Waals surface area contributed by atoms with E-state index in [9.17, 15) is 25.0 Å². The van der Waals surface area contributed by atoms with Gasteiger partial charge in [-0.05, 0) is 64.6 Å². The van der Waals surface area contributed by atoms with Gasteiger partial charge in [-0.3, -0.25) is 19.7 Å². The lowest BCUT2D eigenvalue weighted by Gasteiger charge is -2.14. The summed E-state index contributed by atoms with van der Waals surface area (Å²) in [5.41, 5.74) is 0.645. The molecule has 37 heavy (non-hydrogen) atoms. The predicted octanol–water partition coefficient (Wildman–Crippen LogP) is 5.42. The molecule has 10 nitrogen and oxygen atoms in total. The summed E-state index contributed by atoms with van der Waals surface area (Å²) in [6, 6.07) is 17.2. The lowest BCUT2D eigenvalue weighted by atomic mass is 10.1. The molecule has 0 aliphatic carbocycles. The molecule has 3 rings (SSSR count). The first kappa shape index (κ1) is 27.4. The molecule has 0 aliphatic rings. The number of nitro groups is 1. The Morgan fingerprint density at radius 2 is 1.92 bits per heavy atom. The molecule has 3 aromatic carbocycles. The van der Waals surface area contributed by atoms with Gasteiger partial charge in [-0.2, -0.15) is 5.26 Å². The molecule has 2 amide bonds. The average Bonchev–Trinajstić information content (AvgIpc) is 2.87. The zero-order chi connectivity index (χ0) is 26.9. The molecule has 0 aromatic heterocycles. The number of nitrogens with one attached hydrogen (secondary N) is 2. The third kappa shape index (κ3) is 7.42. The highest BCUT2D eigenvalue weighted by molar-refractivity contribution is 14.1. The molecule has 0 fully saturated rings. The summed E-state index contributed by atoms with van der Waals surface area (Å²) < 4.78 is 11.6. The molecule has 0 unspecified atom stereocenters. The van der Waals surface area contributed by atoms with Crippen LogP contribution in [0.3, 0.4) is 0 Å². The number of nitrogens with zero attached hydrogens (tertiary/aromatic N) is 2. The summed E-state index contributed by atoms with van der Waals surface area (Å²) in [4.78, 5) is 35.3. The Morgan fingerprint density at radius 3 is 2.59 bits per heavy atom. The third-order valence-corrected chi connectivity index (χ3v) is 5.87. The van der Waals surface area contributed by atoms with Gasteiger partial charge in [-0.25, -0.2) is 0 Å². The van der Waals surface area contributed by atoms with Crippen LogP contribution in [0.1, 0.15) is 5.56 Å². The molecule has 0 aliphatic heterocycles. The quantitative estimate of drug-likeness (QED) is 0.105. The molecule has 12 heteroatoms. The Morgan fingerprint density at radius 1 is 1.16 bits per heavy atom. The number of carbonyl (C=O) groups excluding carboxylic acids is 2. The van der Waals surface area contributed by atoms with Gasteiger partial charge in [-0.15, -0.1) is 0 Å². The fourth-order valence-corrected chi connectivity index (χ4v) is 4.02. The van der Waals surface area contributed by atoms with Gasteiger partial charge in [0.15, 0.2) is 18.1 Å². The number of amides is 2. The second kappa shape index (κ2) is 12.7. The van der Waals surface area contributed by atoms with E-state index in [-0.39, 0.29) is 29.3 Å². The van der Waals surface area contributed by atoms with Gasteiger partial charge in [0.1, 0.15) is 11.6 Å². The van der Waals surface area contributed by atoms with Crippen LogP contribution < -0.4 is 20.1 Å². The lowest BCUT2D eigenvalue weighted by molar-refractivity contribution is -0.384. The second-order valence-corrected chi connectivity index (χ2v) is 8.85. The zero-order valence-electron chi connectivity index (χ0n) is 19.2. The van der Waals surface area contributed by atoms with Crippen molar-refractivity contribution in [1.29, 1.82) is 5.26 Å². The molecule has 2 N–H and O–H groups in total. The first-order valence-electron chi connectivity index (χ1n) is 10.4. The Bertz CT molecular complexity index is 1440. The molecule has 0 radical (unpaired) electrons. The van der Waals surface area contributed by atoms with Crippen LogP contribution in [0.25, 0.3) is 6.08 Å². The summed E-state index contributed by atoms with van der Waals surface area (Å²) in [7, 11) is 1.41. The molecular formula is C25H18ClIN4O6. The monoisotopic (exact) mass is 632 g/mol. The maximum Gasteiger partial charge on any atom is 0.271 e. The van der Waals surface area contributed by atoms with Crippen molar-refractivity contribution < 1.29 is 24.0 Å². The number of anilines is 2. The largest absolute Gasteiger partial charge is 0.493 e. The zero-order valence-corrected chi connectivity index (χ0v) is 22.1. The Labute approximate surface area is 230 Å². The van der Waals surface area contributed by atoms with Crippen LogP contribution in [0.2, 0.25) is 5.02 Å². The number of nitriles is 1. The highest BCUT2D eigenvalue weighted by Crippen LogP contribution is 2.35. The van der Waals surface area contributed by atoms with Crippen LogP contribution in [-0.4, -0.2) is 30.5 Å². The van der Waals surface area contributed by atoms with E-state index in [0.717, 1.165) is 0 Å². The predicted molar refractivity (Wildman–Crippen MR) is 147 cm³/mol. The van der Waals surface area contributed by atoms with Crippen LogP contribution in [0.4, 0.5) is 17.1 Å². The van der Waals surface area contributed by atoms with Crippen molar-refractivity contribution in [3.8, 4) is 17.6 Å². The van der Waals surface area contributed by atoms with Crippen molar-refractivity contribution in [2.45, 2.75) is 0 Å². The van der Waals surface area contributed by atoms with E-state index in [1.165, 1.54) is 37.5 Å². The number of methoxy groups -OCH3 is 1. The number of rotatable bonds is 9. The molecule has 0 saturated carbocycles. The number of para-hydroxylation sites is 1. The number of hydrogen-bond acceptors (Lipinski definition) is 7. The minimum atomic E-state index is -0.742. The van der Waals surface area contributed by atoms with Gasteiger partial charge >= 0.3 is 0 Å². The molecule has 0 saturated heterocycles. The number of carbonyl (C=O) groups is 2. The molecule has 0 atom stereocenters. The van der Waals surface area contributed by atoms with E-state index >= 15 is 0 Å². The average molecular weight is 633 g/mol. The lowest BCUT2D eigenvalue weighted by Crippen LogP contribution is -2.20. The van der Waals surface area contributed by atoms with Crippen molar-refractivity contribution in [2.24, 2.45) is 0 Å². The molecule has 0 bridgehead atoms. The van der Waals surface area contributed by atoms with Crippen LogP contribution in [-0.2, 0) is 9.59 Å². The number of non-ortho nitro benzene ring substituents is 1. The van der Waals surface area contributed by atoms with Crippen LogP contribution in [0.5, 0.6) is 11.5 Å². The summed E-state index contributed by atoms with van der Waals surface area (Å²) in [6.07, 6.45) is 1.34. The summed E-state index contributed by atoms with van der Waals surface area (Å²) in [5.74, 6) is -0.595. The smallest absolute Gasteiger partial charge is 0.271 e. The van der Waals surface area contributed by atoms with E-state index in [2.05, 4.69) is 10.6 Å². The SMILES string of the molecule is COc1cc(/C=C(/C#N)C(=O)Nc2cccc([N+](=O)[O-])c2)cc(I)c1OCC(=O)Nc1ccccc1Cl. The van der Waals surface area contributed by atoms with E-state index in [0.29, 0.717) is 25.6 Å². The van der Waals surface area contributed by atoms with E-state index < -0.39 is 16.7 Å². The topological polar surface area (TPSA) is 144 Å². The summed E-state index contributed by atoms with van der Waals surface area (Å²) in [6.45, 7) is -0.318. The van der Waals surface area contributed by atoms with Crippen molar-refractivity contribution in [3.63, 3.8) is 0 Å². The highest BCUT2D eigenvalue weighted by Gasteiger charge is 2.16.